The summed E-state index contributed by atoms with van der Waals surface area (Å²) < 4.78 is 6.97. The summed E-state index contributed by atoms with van der Waals surface area (Å²) in [6.45, 7) is 37.8. The van der Waals surface area contributed by atoms with Crippen LogP contribution in [0.1, 0.15) is 237 Å². The number of benzene rings is 8. The van der Waals surface area contributed by atoms with Crippen molar-refractivity contribution in [2.75, 3.05) is 14.7 Å². The Hall–Kier alpha value is -6.98. The van der Waals surface area contributed by atoms with E-state index in [4.69, 9.17) is 4.42 Å². The van der Waals surface area contributed by atoms with Crippen molar-refractivity contribution in [1.82, 2.24) is 0 Å². The fourth-order valence-corrected chi connectivity index (χ4v) is 20.7. The standard InChI is InChI=1S/C85H94BN3O/c1-77(2,3)53-32-36-66-63(46-53)83(13)38-22-23-40-85(83,15)89(66)55-48-70-76-71(49-55)88(67-28-24-30-73-74(67)57-26-17-19-29-72(57)90-73)68-45-52(75-56-25-16-18-27-58(56)82(12)37-20-21-39-84(75,82)14)31-35-64(68)86(76)65-50-61-62(81(10,11)44-43-80(61,8)9)51-69(65)87(70)54-33-34-59-60(47-54)79(6,7)42-41-78(59,4)5/h16-19,24-36,45-51,75H,20-23,37-44H2,1-15H3. The number of fused-ring (bicyclic) bond motifs is 15. The van der Waals surface area contributed by atoms with E-state index in [9.17, 15) is 0 Å². The normalized spacial score (nSPS) is 26.9. The van der Waals surface area contributed by atoms with Gasteiger partial charge in [-0.15, -0.1) is 0 Å². The largest absolute Gasteiger partial charge is 0.456 e. The average Bonchev–Trinajstić information content (AvgIpc) is 1.10. The van der Waals surface area contributed by atoms with Gasteiger partial charge in [0, 0.05) is 56.5 Å². The van der Waals surface area contributed by atoms with Gasteiger partial charge in [0.25, 0.3) is 6.71 Å². The van der Waals surface area contributed by atoms with E-state index in [0.717, 1.165) is 42.2 Å². The van der Waals surface area contributed by atoms with Gasteiger partial charge in [-0.1, -0.05) is 208 Å². The minimum absolute atomic E-state index is 0.000520. The van der Waals surface area contributed by atoms with Crippen molar-refractivity contribution in [3.05, 3.63) is 196 Å². The molecule has 8 aliphatic rings. The first-order chi connectivity index (χ1) is 42.7. The van der Waals surface area contributed by atoms with Crippen molar-refractivity contribution in [2.45, 2.75) is 230 Å². The smallest absolute Gasteiger partial charge is 0.252 e. The molecule has 8 aromatic carbocycles. The van der Waals surface area contributed by atoms with Gasteiger partial charge in [-0.2, -0.15) is 0 Å². The topological polar surface area (TPSA) is 22.9 Å². The zero-order valence-corrected chi connectivity index (χ0v) is 56.7. The van der Waals surface area contributed by atoms with Crippen LogP contribution in [0.2, 0.25) is 0 Å². The highest BCUT2D eigenvalue weighted by Crippen LogP contribution is 2.68. The van der Waals surface area contributed by atoms with Gasteiger partial charge in [0.2, 0.25) is 0 Å². The van der Waals surface area contributed by atoms with Crippen LogP contribution in [-0.2, 0) is 37.9 Å². The molecule has 0 radical (unpaired) electrons. The first-order valence-electron chi connectivity index (χ1n) is 34.9. The summed E-state index contributed by atoms with van der Waals surface area (Å²) >= 11 is 0. The summed E-state index contributed by atoms with van der Waals surface area (Å²) in [4.78, 5) is 8.47. The number of hydrogen-bond acceptors (Lipinski definition) is 4. The molecule has 5 unspecified atom stereocenters. The van der Waals surface area contributed by atoms with Crippen molar-refractivity contribution in [3.63, 3.8) is 0 Å². The third-order valence-corrected chi connectivity index (χ3v) is 26.7. The molecule has 1 aromatic heterocycles. The fourth-order valence-electron chi connectivity index (χ4n) is 20.7. The van der Waals surface area contributed by atoms with Crippen molar-refractivity contribution >= 4 is 90.5 Å². The molecule has 0 N–H and O–H groups in total. The first kappa shape index (κ1) is 57.0. The molecular weight excluding hydrogens is 1090 g/mol. The predicted octanol–water partition coefficient (Wildman–Crippen LogP) is 21.4. The number of para-hydroxylation sites is 1. The Kier molecular flexibility index (Phi) is 11.7. The summed E-state index contributed by atoms with van der Waals surface area (Å²) in [6.07, 6.45) is 14.4. The van der Waals surface area contributed by atoms with E-state index in [1.54, 1.807) is 5.56 Å². The highest BCUT2D eigenvalue weighted by Gasteiger charge is 2.61. The van der Waals surface area contributed by atoms with E-state index in [2.05, 4.69) is 264 Å². The highest BCUT2D eigenvalue weighted by molar-refractivity contribution is 7.00. The average molecular weight is 1180 g/mol. The zero-order chi connectivity index (χ0) is 62.4. The molecule has 4 heterocycles. The van der Waals surface area contributed by atoms with Crippen LogP contribution in [0, 0.1) is 5.41 Å². The quantitative estimate of drug-likeness (QED) is 0.164. The van der Waals surface area contributed by atoms with Crippen LogP contribution in [0.25, 0.3) is 21.9 Å². The van der Waals surface area contributed by atoms with Crippen LogP contribution in [0.3, 0.4) is 0 Å². The van der Waals surface area contributed by atoms with Gasteiger partial charge < -0.3 is 19.1 Å². The van der Waals surface area contributed by atoms with Crippen molar-refractivity contribution in [3.8, 4) is 0 Å². The molecule has 9 aromatic rings. The van der Waals surface area contributed by atoms with Crippen LogP contribution in [0.4, 0.5) is 45.5 Å². The van der Waals surface area contributed by atoms with Gasteiger partial charge in [0.1, 0.15) is 11.2 Å². The van der Waals surface area contributed by atoms with E-state index in [1.165, 1.54) is 163 Å². The maximum absolute atomic E-state index is 6.97. The molecule has 0 bridgehead atoms. The minimum atomic E-state index is -0.193. The zero-order valence-electron chi connectivity index (χ0n) is 56.7. The Labute approximate surface area is 537 Å². The van der Waals surface area contributed by atoms with E-state index >= 15 is 0 Å². The lowest BCUT2D eigenvalue weighted by molar-refractivity contribution is 0.0923. The Morgan fingerprint density at radius 3 is 1.79 bits per heavy atom. The number of anilines is 8. The Balaban J connectivity index is 1.03. The van der Waals surface area contributed by atoms with Gasteiger partial charge >= 0.3 is 0 Å². The number of nitrogens with zero attached hydrogens (tertiary/aromatic N) is 3. The molecule has 5 atom stereocenters. The third-order valence-electron chi connectivity index (χ3n) is 26.7. The lowest BCUT2D eigenvalue weighted by Crippen LogP contribution is -2.62. The maximum Gasteiger partial charge on any atom is 0.252 e. The molecule has 0 saturated heterocycles. The lowest BCUT2D eigenvalue weighted by Gasteiger charge is -2.51. The molecular formula is C85H94BN3O. The Morgan fingerprint density at radius 2 is 1.04 bits per heavy atom. The summed E-state index contributed by atoms with van der Waals surface area (Å²) in [5, 5.41) is 2.32. The van der Waals surface area contributed by atoms with Gasteiger partial charge in [-0.05, 0) is 223 Å². The molecule has 5 heteroatoms. The van der Waals surface area contributed by atoms with Crippen molar-refractivity contribution in [1.29, 1.82) is 0 Å². The van der Waals surface area contributed by atoms with E-state index in [-0.39, 0.29) is 61.5 Å². The number of rotatable bonds is 4. The van der Waals surface area contributed by atoms with E-state index < -0.39 is 0 Å². The SMILES string of the molecule is CC(C)(C)c1ccc2c(c1)C1(C)CCCCC1(C)N2c1cc2c3c(c1)N(c1cccc4oc5ccccc5c14)c1cc(C4c5ccccc5C5(C)CCCCC45C)ccc1B3c1cc3c(cc1N2c1ccc2c(c1)C(C)(C)CCC2(C)C)C(C)(C)CCC3(C)C. The second kappa shape index (κ2) is 18.4. The van der Waals surface area contributed by atoms with E-state index in [1.807, 2.05) is 0 Å². The molecule has 0 amide bonds. The van der Waals surface area contributed by atoms with Gasteiger partial charge in [-0.25, -0.2) is 0 Å². The monoisotopic (exact) mass is 1180 g/mol. The van der Waals surface area contributed by atoms with Crippen LogP contribution in [-0.4, -0.2) is 12.3 Å². The second-order valence-electron chi connectivity index (χ2n) is 34.4. The van der Waals surface area contributed by atoms with Crippen LogP contribution >= 0.6 is 0 Å². The molecule has 17 rings (SSSR count). The molecule has 3 aliphatic heterocycles. The lowest BCUT2D eigenvalue weighted by atomic mass is 9.33. The van der Waals surface area contributed by atoms with Crippen molar-refractivity contribution in [2.24, 2.45) is 5.41 Å². The molecule has 2 saturated carbocycles. The fraction of sp³-hybridized carbons (Fsp3) is 0.435. The molecule has 0 spiro atoms. The summed E-state index contributed by atoms with van der Waals surface area (Å²) in [5.74, 6) is 0.241. The van der Waals surface area contributed by atoms with Crippen LogP contribution in [0.5, 0.6) is 0 Å². The molecule has 458 valence electrons. The third kappa shape index (κ3) is 7.44. The first-order valence-corrected chi connectivity index (χ1v) is 34.9. The van der Waals surface area contributed by atoms with Crippen molar-refractivity contribution < 1.29 is 4.42 Å². The Bertz CT molecular complexity index is 4560. The summed E-state index contributed by atoms with van der Waals surface area (Å²) in [6, 6.07) is 59.5. The molecule has 5 aliphatic carbocycles. The number of furan rings is 1. The van der Waals surface area contributed by atoms with Gasteiger partial charge in [-0.3, -0.25) is 0 Å². The second-order valence-corrected chi connectivity index (χ2v) is 34.4. The van der Waals surface area contributed by atoms with Gasteiger partial charge in [0.05, 0.1) is 16.6 Å². The summed E-state index contributed by atoms with van der Waals surface area (Å²) in [7, 11) is 0. The molecule has 4 nitrogen and oxygen atoms in total. The number of hydrogen-bond donors (Lipinski definition) is 0. The summed E-state index contributed by atoms with van der Waals surface area (Å²) in [5.41, 5.74) is 29.7. The minimum Gasteiger partial charge on any atom is -0.456 e. The Morgan fingerprint density at radius 1 is 0.422 bits per heavy atom. The van der Waals surface area contributed by atoms with Crippen LogP contribution < -0.4 is 31.1 Å². The van der Waals surface area contributed by atoms with Gasteiger partial charge in [0.15, 0.2) is 0 Å². The predicted molar refractivity (Wildman–Crippen MR) is 382 cm³/mol. The van der Waals surface area contributed by atoms with Crippen LogP contribution in [0.15, 0.2) is 150 Å². The maximum atomic E-state index is 6.97. The van der Waals surface area contributed by atoms with E-state index in [0.29, 0.717) is 0 Å². The highest BCUT2D eigenvalue weighted by atomic mass is 16.3. The molecule has 2 fully saturated rings. The molecule has 90 heavy (non-hydrogen) atoms.